The van der Waals surface area contributed by atoms with Gasteiger partial charge in [-0.25, -0.2) is 4.68 Å². The Kier molecular flexibility index (Phi) is 3.20. The van der Waals surface area contributed by atoms with Gasteiger partial charge in [0.05, 0.1) is 6.20 Å². The van der Waals surface area contributed by atoms with E-state index in [4.69, 9.17) is 0 Å². The lowest BCUT2D eigenvalue weighted by atomic mass is 10.1. The number of nitrogens with zero attached hydrogens (tertiary/aromatic N) is 3. The van der Waals surface area contributed by atoms with Gasteiger partial charge in [-0.15, -0.1) is 5.10 Å². The van der Waals surface area contributed by atoms with E-state index < -0.39 is 0 Å². The summed E-state index contributed by atoms with van der Waals surface area (Å²) in [6.45, 7) is 0. The lowest BCUT2D eigenvalue weighted by Gasteiger charge is -2.02. The van der Waals surface area contributed by atoms with Crippen molar-refractivity contribution in [1.82, 2.24) is 15.0 Å². The molecule has 16 heavy (non-hydrogen) atoms. The second-order valence-corrected chi connectivity index (χ2v) is 5.06. The molecule has 0 spiro atoms. The number of aromatic nitrogens is 3. The first-order valence-corrected chi connectivity index (χ1v) is 6.02. The molecule has 0 N–H and O–H groups in total. The number of carbonyl (C=O) groups excluding carboxylic acids is 1. The van der Waals surface area contributed by atoms with Crippen molar-refractivity contribution in [3.05, 3.63) is 44.6 Å². The molecule has 0 aliphatic rings. The standard InChI is InChI=1S/C10H7Br2N3O/c1-15-9(5-13-14-15)10(16)6-2-7(11)4-8(12)3-6/h2-5H,1H3. The summed E-state index contributed by atoms with van der Waals surface area (Å²) in [5, 5.41) is 7.41. The lowest BCUT2D eigenvalue weighted by Crippen LogP contribution is -2.08. The average molecular weight is 345 g/mol. The minimum atomic E-state index is -0.102. The molecule has 6 heteroatoms. The molecule has 82 valence electrons. The first-order valence-electron chi connectivity index (χ1n) is 4.43. The van der Waals surface area contributed by atoms with Crippen LogP contribution in [0.2, 0.25) is 0 Å². The summed E-state index contributed by atoms with van der Waals surface area (Å²) in [7, 11) is 1.69. The van der Waals surface area contributed by atoms with Crippen molar-refractivity contribution in [3.8, 4) is 0 Å². The van der Waals surface area contributed by atoms with Crippen molar-refractivity contribution in [2.75, 3.05) is 0 Å². The van der Waals surface area contributed by atoms with Crippen LogP contribution < -0.4 is 0 Å². The van der Waals surface area contributed by atoms with Gasteiger partial charge in [-0.2, -0.15) is 0 Å². The largest absolute Gasteiger partial charge is 0.287 e. The first kappa shape index (κ1) is 11.5. The Labute approximate surface area is 109 Å². The zero-order valence-corrected chi connectivity index (χ0v) is 11.5. The highest BCUT2D eigenvalue weighted by atomic mass is 79.9. The maximum atomic E-state index is 12.1. The van der Waals surface area contributed by atoms with Gasteiger partial charge >= 0.3 is 0 Å². The van der Waals surface area contributed by atoms with E-state index in [1.54, 1.807) is 19.2 Å². The fourth-order valence-corrected chi connectivity index (χ4v) is 2.62. The molecule has 1 aromatic carbocycles. The number of ketones is 1. The molecule has 4 nitrogen and oxygen atoms in total. The number of aryl methyl sites for hydroxylation is 1. The summed E-state index contributed by atoms with van der Waals surface area (Å²) in [4.78, 5) is 12.1. The topological polar surface area (TPSA) is 47.8 Å². The molecule has 1 aromatic heterocycles. The van der Waals surface area contributed by atoms with E-state index in [1.807, 2.05) is 6.07 Å². The van der Waals surface area contributed by atoms with Gasteiger partial charge in [0.25, 0.3) is 0 Å². The Morgan fingerprint density at radius 1 is 1.25 bits per heavy atom. The summed E-state index contributed by atoms with van der Waals surface area (Å²) in [5.41, 5.74) is 1.05. The number of hydrogen-bond acceptors (Lipinski definition) is 3. The summed E-state index contributed by atoms with van der Waals surface area (Å²) >= 11 is 6.69. The second-order valence-electron chi connectivity index (χ2n) is 3.23. The molecule has 0 unspecified atom stereocenters. The minimum absolute atomic E-state index is 0.102. The van der Waals surface area contributed by atoms with Gasteiger partial charge in [0, 0.05) is 21.6 Å². The van der Waals surface area contributed by atoms with E-state index in [1.165, 1.54) is 10.9 Å². The Morgan fingerprint density at radius 2 is 1.88 bits per heavy atom. The van der Waals surface area contributed by atoms with Crippen molar-refractivity contribution in [1.29, 1.82) is 0 Å². The van der Waals surface area contributed by atoms with Crippen molar-refractivity contribution in [3.63, 3.8) is 0 Å². The molecular formula is C10H7Br2N3O. The van der Waals surface area contributed by atoms with Crippen LogP contribution in [-0.2, 0) is 7.05 Å². The van der Waals surface area contributed by atoms with Crippen molar-refractivity contribution < 1.29 is 4.79 Å². The maximum absolute atomic E-state index is 12.1. The van der Waals surface area contributed by atoms with Gasteiger partial charge < -0.3 is 0 Å². The quantitative estimate of drug-likeness (QED) is 0.787. The van der Waals surface area contributed by atoms with Crippen LogP contribution in [0.25, 0.3) is 0 Å². The minimum Gasteiger partial charge on any atom is -0.287 e. The molecule has 0 radical (unpaired) electrons. The highest BCUT2D eigenvalue weighted by Crippen LogP contribution is 2.21. The third-order valence-corrected chi connectivity index (χ3v) is 2.99. The third-order valence-electron chi connectivity index (χ3n) is 2.07. The zero-order valence-electron chi connectivity index (χ0n) is 8.32. The summed E-state index contributed by atoms with van der Waals surface area (Å²) in [5.74, 6) is -0.102. The Bertz CT molecular complexity index is 530. The SMILES string of the molecule is Cn1nncc1C(=O)c1cc(Br)cc(Br)c1. The average Bonchev–Trinajstić information content (AvgIpc) is 2.62. The van der Waals surface area contributed by atoms with Crippen LogP contribution in [0.1, 0.15) is 16.1 Å². The fraction of sp³-hybridized carbons (Fsp3) is 0.100. The van der Waals surface area contributed by atoms with Crippen LogP contribution in [0.5, 0.6) is 0 Å². The fourth-order valence-electron chi connectivity index (χ4n) is 1.33. The summed E-state index contributed by atoms with van der Waals surface area (Å²) in [6, 6.07) is 5.40. The van der Waals surface area contributed by atoms with E-state index >= 15 is 0 Å². The highest BCUT2D eigenvalue weighted by molar-refractivity contribution is 9.11. The molecule has 0 aliphatic carbocycles. The molecule has 2 aromatic rings. The van der Waals surface area contributed by atoms with E-state index in [2.05, 4.69) is 42.2 Å². The Balaban J connectivity index is 2.45. The van der Waals surface area contributed by atoms with Gasteiger partial charge in [0.1, 0.15) is 5.69 Å². The van der Waals surface area contributed by atoms with E-state index in [-0.39, 0.29) is 5.78 Å². The van der Waals surface area contributed by atoms with Crippen LogP contribution in [0.4, 0.5) is 0 Å². The molecule has 1 heterocycles. The van der Waals surface area contributed by atoms with E-state index in [0.717, 1.165) is 8.95 Å². The Hall–Kier alpha value is -1.01. The number of rotatable bonds is 2. The van der Waals surface area contributed by atoms with Gasteiger partial charge in [0.15, 0.2) is 0 Å². The molecular weight excluding hydrogens is 338 g/mol. The van der Waals surface area contributed by atoms with E-state index in [0.29, 0.717) is 11.3 Å². The first-order chi connectivity index (χ1) is 7.58. The predicted octanol–water partition coefficient (Wildman–Crippen LogP) is 2.57. The molecule has 0 saturated carbocycles. The number of halogens is 2. The molecule has 0 saturated heterocycles. The third kappa shape index (κ3) is 2.22. The number of hydrogen-bond donors (Lipinski definition) is 0. The second kappa shape index (κ2) is 4.47. The van der Waals surface area contributed by atoms with Crippen molar-refractivity contribution in [2.45, 2.75) is 0 Å². The predicted molar refractivity (Wildman–Crippen MR) is 66.3 cm³/mol. The number of carbonyl (C=O) groups is 1. The molecule has 0 fully saturated rings. The summed E-state index contributed by atoms with van der Waals surface area (Å²) < 4.78 is 3.15. The van der Waals surface area contributed by atoms with Crippen LogP contribution in [0.3, 0.4) is 0 Å². The normalized spacial score (nSPS) is 10.4. The summed E-state index contributed by atoms with van der Waals surface area (Å²) in [6.07, 6.45) is 1.46. The van der Waals surface area contributed by atoms with Gasteiger partial charge in [0.2, 0.25) is 5.78 Å². The van der Waals surface area contributed by atoms with Crippen molar-refractivity contribution in [2.24, 2.45) is 7.05 Å². The maximum Gasteiger partial charge on any atom is 0.212 e. The van der Waals surface area contributed by atoms with Crippen LogP contribution in [-0.4, -0.2) is 20.8 Å². The smallest absolute Gasteiger partial charge is 0.212 e. The molecule has 2 rings (SSSR count). The van der Waals surface area contributed by atoms with Gasteiger partial charge in [-0.3, -0.25) is 4.79 Å². The monoisotopic (exact) mass is 343 g/mol. The highest BCUT2D eigenvalue weighted by Gasteiger charge is 2.14. The molecule has 0 amide bonds. The van der Waals surface area contributed by atoms with Gasteiger partial charge in [-0.1, -0.05) is 37.1 Å². The molecule has 0 aliphatic heterocycles. The lowest BCUT2D eigenvalue weighted by molar-refractivity contribution is 0.103. The number of benzene rings is 1. The van der Waals surface area contributed by atoms with Crippen LogP contribution >= 0.6 is 31.9 Å². The van der Waals surface area contributed by atoms with Crippen LogP contribution in [0, 0.1) is 0 Å². The molecule has 0 bridgehead atoms. The van der Waals surface area contributed by atoms with Crippen molar-refractivity contribution >= 4 is 37.6 Å². The van der Waals surface area contributed by atoms with Gasteiger partial charge in [-0.05, 0) is 18.2 Å². The molecule has 0 atom stereocenters. The Morgan fingerprint density at radius 3 is 2.38 bits per heavy atom. The van der Waals surface area contributed by atoms with Crippen LogP contribution in [0.15, 0.2) is 33.3 Å². The zero-order chi connectivity index (χ0) is 11.7. The van der Waals surface area contributed by atoms with E-state index in [9.17, 15) is 4.79 Å².